The van der Waals surface area contributed by atoms with E-state index in [9.17, 15) is 9.18 Å². The highest BCUT2D eigenvalue weighted by atomic mass is 35.5. The van der Waals surface area contributed by atoms with Crippen LogP contribution in [0.25, 0.3) is 11.1 Å². The first-order valence-electron chi connectivity index (χ1n) is 7.60. The monoisotopic (exact) mass is 372 g/mol. The summed E-state index contributed by atoms with van der Waals surface area (Å²) in [5.74, 6) is -0.863. The van der Waals surface area contributed by atoms with Crippen molar-refractivity contribution in [1.29, 1.82) is 0 Å². The van der Waals surface area contributed by atoms with Crippen molar-refractivity contribution >= 4 is 23.4 Å². The molecule has 2 aromatic carbocycles. The van der Waals surface area contributed by atoms with Crippen molar-refractivity contribution in [1.82, 2.24) is 4.98 Å². The molecule has 3 aromatic rings. The quantitative estimate of drug-likeness (QED) is 0.693. The van der Waals surface area contributed by atoms with Crippen LogP contribution in [0.4, 0.5) is 10.2 Å². The first-order chi connectivity index (χ1) is 12.4. The maximum Gasteiger partial charge on any atom is 0.335 e. The molecule has 0 amide bonds. The number of pyridine rings is 1. The van der Waals surface area contributed by atoms with Gasteiger partial charge < -0.3 is 15.6 Å². The highest BCUT2D eigenvalue weighted by molar-refractivity contribution is 6.31. The molecule has 0 aliphatic carbocycles. The molecule has 0 aliphatic heterocycles. The van der Waals surface area contributed by atoms with Gasteiger partial charge in [-0.05, 0) is 35.9 Å². The fraction of sp³-hybridized carbons (Fsp3) is 0.0526. The average molecular weight is 373 g/mol. The summed E-state index contributed by atoms with van der Waals surface area (Å²) in [7, 11) is 0. The Bertz CT molecular complexity index is 961. The van der Waals surface area contributed by atoms with E-state index < -0.39 is 11.8 Å². The summed E-state index contributed by atoms with van der Waals surface area (Å²) >= 11 is 5.99. The fourth-order valence-corrected chi connectivity index (χ4v) is 2.55. The first kappa shape index (κ1) is 17.7. The highest BCUT2D eigenvalue weighted by Gasteiger charge is 2.09. The van der Waals surface area contributed by atoms with E-state index >= 15 is 0 Å². The maximum atomic E-state index is 13.1. The minimum absolute atomic E-state index is 0.104. The van der Waals surface area contributed by atoms with Gasteiger partial charge in [-0.1, -0.05) is 29.8 Å². The lowest BCUT2D eigenvalue weighted by Crippen LogP contribution is -2.02. The van der Waals surface area contributed by atoms with Gasteiger partial charge in [-0.2, -0.15) is 0 Å². The zero-order valence-electron chi connectivity index (χ0n) is 13.4. The van der Waals surface area contributed by atoms with Crippen molar-refractivity contribution in [3.63, 3.8) is 0 Å². The van der Waals surface area contributed by atoms with Gasteiger partial charge in [0.1, 0.15) is 12.4 Å². The molecule has 0 unspecified atom stereocenters. The SMILES string of the molecule is Nc1ncc(-c2ccc(C(=O)O)cc2)cc1OCc1ccc(F)cc1Cl. The number of benzene rings is 2. The Hall–Kier alpha value is -3.12. The summed E-state index contributed by atoms with van der Waals surface area (Å²) in [5, 5.41) is 9.22. The number of hydrogen-bond acceptors (Lipinski definition) is 4. The summed E-state index contributed by atoms with van der Waals surface area (Å²) in [6.07, 6.45) is 1.57. The van der Waals surface area contributed by atoms with Gasteiger partial charge in [0.15, 0.2) is 11.6 Å². The molecule has 0 aliphatic rings. The van der Waals surface area contributed by atoms with Crippen LogP contribution in [-0.4, -0.2) is 16.1 Å². The van der Waals surface area contributed by atoms with E-state index in [1.165, 1.54) is 30.3 Å². The van der Waals surface area contributed by atoms with Crippen molar-refractivity contribution in [3.05, 3.63) is 76.7 Å². The third kappa shape index (κ3) is 3.92. The number of nitrogens with two attached hydrogens (primary N) is 1. The first-order valence-corrected chi connectivity index (χ1v) is 7.98. The summed E-state index contributed by atoms with van der Waals surface area (Å²) in [6.45, 7) is 0.104. The fourth-order valence-electron chi connectivity index (χ4n) is 2.33. The van der Waals surface area contributed by atoms with E-state index in [-0.39, 0.29) is 23.0 Å². The van der Waals surface area contributed by atoms with Crippen LogP contribution < -0.4 is 10.5 Å². The highest BCUT2D eigenvalue weighted by Crippen LogP contribution is 2.28. The Labute approximate surface area is 153 Å². The third-order valence-electron chi connectivity index (χ3n) is 3.75. The van der Waals surface area contributed by atoms with Crippen molar-refractivity contribution < 1.29 is 19.0 Å². The van der Waals surface area contributed by atoms with Crippen LogP contribution in [0.3, 0.4) is 0 Å². The summed E-state index contributed by atoms with van der Waals surface area (Å²) < 4.78 is 18.8. The standard InChI is InChI=1S/C19H14ClFN2O3/c20-16-8-15(21)6-5-13(16)10-26-17-7-14(9-23-18(17)22)11-1-3-12(4-2-11)19(24)25/h1-9H,10H2,(H2,22,23)(H,24,25). The molecule has 7 heteroatoms. The number of nitrogens with zero attached hydrogens (tertiary/aromatic N) is 1. The molecule has 0 atom stereocenters. The number of rotatable bonds is 5. The number of hydrogen-bond donors (Lipinski definition) is 2. The van der Waals surface area contributed by atoms with Crippen LogP contribution in [0.2, 0.25) is 5.02 Å². The molecule has 3 N–H and O–H groups in total. The van der Waals surface area contributed by atoms with Crippen LogP contribution in [-0.2, 0) is 6.61 Å². The second kappa shape index (κ2) is 7.41. The lowest BCUT2D eigenvalue weighted by atomic mass is 10.1. The third-order valence-corrected chi connectivity index (χ3v) is 4.10. The zero-order chi connectivity index (χ0) is 18.7. The summed E-state index contributed by atoms with van der Waals surface area (Å²) in [5.41, 5.74) is 8.15. The van der Waals surface area contributed by atoms with Crippen LogP contribution in [0.1, 0.15) is 15.9 Å². The Kier molecular flexibility index (Phi) is 5.04. The molecule has 5 nitrogen and oxygen atoms in total. The molecule has 0 bridgehead atoms. The predicted molar refractivity (Wildman–Crippen MR) is 96.8 cm³/mol. The van der Waals surface area contributed by atoms with Gasteiger partial charge >= 0.3 is 5.97 Å². The van der Waals surface area contributed by atoms with Crippen LogP contribution >= 0.6 is 11.6 Å². The molecule has 1 heterocycles. The molecule has 132 valence electrons. The van der Waals surface area contributed by atoms with Gasteiger partial charge in [-0.25, -0.2) is 14.2 Å². The molecular formula is C19H14ClFN2O3. The maximum absolute atomic E-state index is 13.1. The second-order valence-electron chi connectivity index (χ2n) is 5.51. The number of carboxylic acid groups (broad SMARTS) is 1. The number of carboxylic acids is 1. The molecule has 0 fully saturated rings. The Morgan fingerprint density at radius 3 is 2.54 bits per heavy atom. The molecule has 0 spiro atoms. The van der Waals surface area contributed by atoms with Crippen LogP contribution in [0, 0.1) is 5.82 Å². The Morgan fingerprint density at radius 2 is 1.88 bits per heavy atom. The van der Waals surface area contributed by atoms with Gasteiger partial charge in [0.2, 0.25) is 0 Å². The summed E-state index contributed by atoms with van der Waals surface area (Å²) in [4.78, 5) is 15.0. The molecule has 1 aromatic heterocycles. The zero-order valence-corrected chi connectivity index (χ0v) is 14.2. The topological polar surface area (TPSA) is 85.4 Å². The van der Waals surface area contributed by atoms with Crippen LogP contribution in [0.5, 0.6) is 5.75 Å². The van der Waals surface area contributed by atoms with Crippen LogP contribution in [0.15, 0.2) is 54.7 Å². The van der Waals surface area contributed by atoms with E-state index in [0.29, 0.717) is 11.3 Å². The largest absolute Gasteiger partial charge is 0.485 e. The number of anilines is 1. The molecule has 0 saturated carbocycles. The van der Waals surface area contributed by atoms with Gasteiger partial charge in [0.05, 0.1) is 10.6 Å². The van der Waals surface area contributed by atoms with Gasteiger partial charge in [0.25, 0.3) is 0 Å². The smallest absolute Gasteiger partial charge is 0.335 e. The van der Waals surface area contributed by atoms with Crippen molar-refractivity contribution in [2.45, 2.75) is 6.61 Å². The number of aromatic carboxylic acids is 1. The number of carbonyl (C=O) groups is 1. The van der Waals surface area contributed by atoms with Crippen molar-refractivity contribution in [2.75, 3.05) is 5.73 Å². The minimum atomic E-state index is -0.993. The van der Waals surface area contributed by atoms with Crippen molar-refractivity contribution in [2.24, 2.45) is 0 Å². The predicted octanol–water partition coefficient (Wildman–Crippen LogP) is 4.40. The molecule has 3 rings (SSSR count). The van der Waals surface area contributed by atoms with E-state index in [1.807, 2.05) is 0 Å². The summed E-state index contributed by atoms with van der Waals surface area (Å²) in [6, 6.07) is 12.1. The number of ether oxygens (including phenoxy) is 1. The number of halogens is 2. The van der Waals surface area contributed by atoms with E-state index in [4.69, 9.17) is 27.2 Å². The Balaban J connectivity index is 1.82. The second-order valence-corrected chi connectivity index (χ2v) is 5.92. The van der Waals surface area contributed by atoms with E-state index in [1.54, 1.807) is 24.4 Å². The minimum Gasteiger partial charge on any atom is -0.485 e. The van der Waals surface area contributed by atoms with Gasteiger partial charge in [-0.15, -0.1) is 0 Å². The lowest BCUT2D eigenvalue weighted by Gasteiger charge is -2.11. The van der Waals surface area contributed by atoms with E-state index in [0.717, 1.165) is 11.1 Å². The van der Waals surface area contributed by atoms with Gasteiger partial charge in [-0.3, -0.25) is 0 Å². The number of nitrogen functional groups attached to an aromatic ring is 1. The normalized spacial score (nSPS) is 10.5. The van der Waals surface area contributed by atoms with Crippen molar-refractivity contribution in [3.8, 4) is 16.9 Å². The van der Waals surface area contributed by atoms with Gasteiger partial charge in [0, 0.05) is 17.3 Å². The van der Waals surface area contributed by atoms with E-state index in [2.05, 4.69) is 4.98 Å². The average Bonchev–Trinajstić information content (AvgIpc) is 2.62. The number of aromatic nitrogens is 1. The molecule has 0 saturated heterocycles. The molecular weight excluding hydrogens is 359 g/mol. The molecule has 0 radical (unpaired) electrons. The Morgan fingerprint density at radius 1 is 1.15 bits per heavy atom. The lowest BCUT2D eigenvalue weighted by molar-refractivity contribution is 0.0697. The molecule has 26 heavy (non-hydrogen) atoms.